The van der Waals surface area contributed by atoms with E-state index < -0.39 is 16.8 Å². The molecule has 130 valence electrons. The molecule has 0 spiro atoms. The zero-order valence-electron chi connectivity index (χ0n) is 13.6. The van der Waals surface area contributed by atoms with Gasteiger partial charge in [-0.3, -0.25) is 14.9 Å². The van der Waals surface area contributed by atoms with Gasteiger partial charge < -0.3 is 14.8 Å². The first kappa shape index (κ1) is 17.9. The van der Waals surface area contributed by atoms with Crippen molar-refractivity contribution in [3.05, 3.63) is 63.7 Å². The molecule has 0 unspecified atom stereocenters. The molecule has 8 heteroatoms. The van der Waals surface area contributed by atoms with Crippen LogP contribution in [0.25, 0.3) is 0 Å². The predicted molar refractivity (Wildman–Crippen MR) is 89.7 cm³/mol. The minimum absolute atomic E-state index is 0.125. The minimum Gasteiger partial charge on any atom is -0.484 e. The summed E-state index contributed by atoms with van der Waals surface area (Å²) in [6.45, 7) is 1.45. The van der Waals surface area contributed by atoms with Gasteiger partial charge in [0.25, 0.3) is 11.6 Å². The fraction of sp³-hybridized carbons (Fsp3) is 0.176. The van der Waals surface area contributed by atoms with Gasteiger partial charge in [0.2, 0.25) is 0 Å². The average Bonchev–Trinajstić information content (AvgIpc) is 2.61. The Morgan fingerprint density at radius 3 is 2.64 bits per heavy atom. The molecular formula is C17H16N2O6. The summed E-state index contributed by atoms with van der Waals surface area (Å²) in [7, 11) is 1.27. The van der Waals surface area contributed by atoms with Crippen LogP contribution in [0.5, 0.6) is 5.75 Å². The lowest BCUT2D eigenvalue weighted by Crippen LogP contribution is -2.21. The van der Waals surface area contributed by atoms with E-state index in [-0.39, 0.29) is 18.0 Å². The molecule has 0 heterocycles. The summed E-state index contributed by atoms with van der Waals surface area (Å²) in [5, 5.41) is 13.3. The van der Waals surface area contributed by atoms with Gasteiger partial charge in [0.15, 0.2) is 6.61 Å². The quantitative estimate of drug-likeness (QED) is 0.490. The maximum atomic E-state index is 12.0. The van der Waals surface area contributed by atoms with Crippen LogP contribution in [0.1, 0.15) is 15.9 Å². The number of esters is 1. The third-order valence-corrected chi connectivity index (χ3v) is 3.33. The van der Waals surface area contributed by atoms with E-state index in [1.54, 1.807) is 19.1 Å². The topological polar surface area (TPSA) is 108 Å². The fourth-order valence-electron chi connectivity index (χ4n) is 2.02. The van der Waals surface area contributed by atoms with Gasteiger partial charge in [-0.2, -0.15) is 0 Å². The van der Waals surface area contributed by atoms with E-state index in [0.29, 0.717) is 11.3 Å². The number of nitro benzene ring substituents is 1. The average molecular weight is 344 g/mol. The Morgan fingerprint density at radius 1 is 1.20 bits per heavy atom. The highest BCUT2D eigenvalue weighted by atomic mass is 16.6. The van der Waals surface area contributed by atoms with Crippen molar-refractivity contribution in [2.45, 2.75) is 6.92 Å². The number of hydrogen-bond acceptors (Lipinski definition) is 6. The highest BCUT2D eigenvalue weighted by molar-refractivity contribution is 5.95. The molecule has 1 amide bonds. The molecule has 0 aliphatic heterocycles. The highest BCUT2D eigenvalue weighted by Crippen LogP contribution is 2.20. The Balaban J connectivity index is 2.02. The van der Waals surface area contributed by atoms with E-state index in [9.17, 15) is 19.7 Å². The van der Waals surface area contributed by atoms with Gasteiger partial charge in [-0.15, -0.1) is 0 Å². The molecule has 2 rings (SSSR count). The third kappa shape index (κ3) is 4.77. The van der Waals surface area contributed by atoms with Crippen LogP contribution in [0, 0.1) is 17.0 Å². The number of hydrogen-bond donors (Lipinski definition) is 1. The number of anilines is 1. The number of carbonyl (C=O) groups excluding carboxylic acids is 2. The third-order valence-electron chi connectivity index (χ3n) is 3.33. The van der Waals surface area contributed by atoms with Gasteiger partial charge in [0, 0.05) is 11.8 Å². The van der Waals surface area contributed by atoms with Gasteiger partial charge in [0.1, 0.15) is 5.75 Å². The van der Waals surface area contributed by atoms with Gasteiger partial charge in [-0.1, -0.05) is 12.1 Å². The first-order chi connectivity index (χ1) is 11.9. The molecule has 2 aromatic rings. The fourth-order valence-corrected chi connectivity index (χ4v) is 2.02. The molecule has 0 saturated carbocycles. The van der Waals surface area contributed by atoms with Crippen molar-refractivity contribution in [2.24, 2.45) is 0 Å². The molecule has 1 N–H and O–H groups in total. The normalized spacial score (nSPS) is 10.0. The lowest BCUT2D eigenvalue weighted by molar-refractivity contribution is -0.384. The number of benzene rings is 2. The zero-order valence-corrected chi connectivity index (χ0v) is 13.6. The molecule has 0 bridgehead atoms. The largest absolute Gasteiger partial charge is 0.484 e. The standard InChI is InChI=1S/C17H16N2O6/c1-11-6-7-12(17(21)24-2)8-15(11)18-16(20)10-25-14-5-3-4-13(9-14)19(22)23/h3-9H,10H2,1-2H3,(H,18,20). The number of aryl methyl sites for hydroxylation is 1. The smallest absolute Gasteiger partial charge is 0.337 e. The molecular weight excluding hydrogens is 328 g/mol. The first-order valence-corrected chi connectivity index (χ1v) is 7.27. The summed E-state index contributed by atoms with van der Waals surface area (Å²) in [6, 6.07) is 10.3. The number of nitrogens with one attached hydrogen (secondary N) is 1. The Hall–Kier alpha value is -3.42. The van der Waals surface area contributed by atoms with Gasteiger partial charge in [-0.05, 0) is 30.7 Å². The minimum atomic E-state index is -0.547. The number of methoxy groups -OCH3 is 1. The molecule has 0 saturated heterocycles. The molecule has 0 radical (unpaired) electrons. The summed E-state index contributed by atoms with van der Waals surface area (Å²) in [6.07, 6.45) is 0. The van der Waals surface area contributed by atoms with Crippen molar-refractivity contribution in [3.8, 4) is 5.75 Å². The van der Waals surface area contributed by atoms with Gasteiger partial charge in [-0.25, -0.2) is 4.79 Å². The Morgan fingerprint density at radius 2 is 1.96 bits per heavy atom. The summed E-state index contributed by atoms with van der Waals surface area (Å²) >= 11 is 0. The monoisotopic (exact) mass is 344 g/mol. The number of nitrogens with zero attached hydrogens (tertiary/aromatic N) is 1. The molecule has 0 atom stereocenters. The van der Waals surface area contributed by atoms with Crippen molar-refractivity contribution >= 4 is 23.3 Å². The molecule has 8 nitrogen and oxygen atoms in total. The van der Waals surface area contributed by atoms with Crippen LogP contribution in [0.4, 0.5) is 11.4 Å². The lowest BCUT2D eigenvalue weighted by Gasteiger charge is -2.11. The van der Waals surface area contributed by atoms with Crippen molar-refractivity contribution < 1.29 is 24.0 Å². The van der Waals surface area contributed by atoms with Crippen molar-refractivity contribution in [2.75, 3.05) is 19.0 Å². The van der Waals surface area contributed by atoms with Crippen LogP contribution >= 0.6 is 0 Å². The van der Waals surface area contributed by atoms with Crippen molar-refractivity contribution in [1.82, 2.24) is 0 Å². The SMILES string of the molecule is COC(=O)c1ccc(C)c(NC(=O)COc2cccc([N+](=O)[O-])c2)c1. The number of rotatable bonds is 6. The van der Waals surface area contributed by atoms with Crippen LogP contribution in [0.15, 0.2) is 42.5 Å². The second kappa shape index (κ2) is 7.91. The second-order valence-electron chi connectivity index (χ2n) is 5.11. The van der Waals surface area contributed by atoms with Crippen molar-refractivity contribution in [1.29, 1.82) is 0 Å². The van der Waals surface area contributed by atoms with E-state index in [1.165, 1.54) is 37.4 Å². The van der Waals surface area contributed by atoms with E-state index in [0.717, 1.165) is 5.56 Å². The van der Waals surface area contributed by atoms with Crippen LogP contribution in [-0.4, -0.2) is 30.5 Å². The van der Waals surface area contributed by atoms with Gasteiger partial charge >= 0.3 is 5.97 Å². The molecule has 0 aromatic heterocycles. The van der Waals surface area contributed by atoms with Crippen molar-refractivity contribution in [3.63, 3.8) is 0 Å². The first-order valence-electron chi connectivity index (χ1n) is 7.27. The summed E-state index contributed by atoms with van der Waals surface area (Å²) in [4.78, 5) is 33.7. The number of ether oxygens (including phenoxy) is 2. The highest BCUT2D eigenvalue weighted by Gasteiger charge is 2.12. The van der Waals surface area contributed by atoms with E-state index in [4.69, 9.17) is 4.74 Å². The lowest BCUT2D eigenvalue weighted by atomic mass is 10.1. The Bertz CT molecular complexity index is 819. The maximum absolute atomic E-state index is 12.0. The summed E-state index contributed by atoms with van der Waals surface area (Å²) < 4.78 is 9.90. The Labute approximate surface area is 143 Å². The van der Waals surface area contributed by atoms with Gasteiger partial charge in [0.05, 0.1) is 23.7 Å². The second-order valence-corrected chi connectivity index (χ2v) is 5.11. The van der Waals surface area contributed by atoms with Crippen LogP contribution in [-0.2, 0) is 9.53 Å². The zero-order chi connectivity index (χ0) is 18.4. The van der Waals surface area contributed by atoms with Crippen LogP contribution in [0.3, 0.4) is 0 Å². The number of carbonyl (C=O) groups is 2. The van der Waals surface area contributed by atoms with E-state index in [2.05, 4.69) is 10.1 Å². The van der Waals surface area contributed by atoms with Crippen LogP contribution < -0.4 is 10.1 Å². The molecule has 0 aliphatic rings. The van der Waals surface area contributed by atoms with E-state index in [1.807, 2.05) is 0 Å². The number of non-ortho nitro benzene ring substituents is 1. The maximum Gasteiger partial charge on any atom is 0.337 e. The molecule has 0 fully saturated rings. The van der Waals surface area contributed by atoms with Crippen LogP contribution in [0.2, 0.25) is 0 Å². The predicted octanol–water partition coefficient (Wildman–Crippen LogP) is 2.71. The number of amides is 1. The summed E-state index contributed by atoms with van der Waals surface area (Å²) in [5.41, 5.74) is 1.40. The van der Waals surface area contributed by atoms with E-state index >= 15 is 0 Å². The summed E-state index contributed by atoms with van der Waals surface area (Å²) in [5.74, 6) is -0.760. The molecule has 0 aliphatic carbocycles. The Kier molecular flexibility index (Phi) is 5.67. The number of nitro groups is 1. The molecule has 2 aromatic carbocycles. The molecule has 25 heavy (non-hydrogen) atoms.